The minimum Gasteiger partial charge on any atom is -0.308 e. The highest BCUT2D eigenvalue weighted by Crippen LogP contribution is 2.34. The Bertz CT molecular complexity index is 659. The van der Waals surface area contributed by atoms with Gasteiger partial charge in [0.1, 0.15) is 0 Å². The van der Waals surface area contributed by atoms with Crippen LogP contribution in [0, 0.1) is 6.92 Å². The predicted octanol–water partition coefficient (Wildman–Crippen LogP) is 6.29. The van der Waals surface area contributed by atoms with Gasteiger partial charge in [-0.1, -0.05) is 31.5 Å². The molecule has 3 nitrogen and oxygen atoms in total. The molecule has 0 saturated heterocycles. The number of anilines is 2. The molecule has 2 N–H and O–H groups in total. The second kappa shape index (κ2) is 7.29. The van der Waals surface area contributed by atoms with Crippen LogP contribution in [0.4, 0.5) is 16.2 Å². The summed E-state index contributed by atoms with van der Waals surface area (Å²) in [7, 11) is 0. The molecule has 0 aromatic heterocycles. The summed E-state index contributed by atoms with van der Waals surface area (Å²) in [5.74, 6) is 0.419. The monoisotopic (exact) mass is 424 g/mol. The van der Waals surface area contributed by atoms with Gasteiger partial charge < -0.3 is 10.6 Å². The van der Waals surface area contributed by atoms with Crippen LogP contribution >= 0.6 is 31.9 Å². The molecule has 22 heavy (non-hydrogen) atoms. The van der Waals surface area contributed by atoms with Crippen molar-refractivity contribution in [3.63, 3.8) is 0 Å². The summed E-state index contributed by atoms with van der Waals surface area (Å²) in [6, 6.07) is 11.4. The van der Waals surface area contributed by atoms with Crippen molar-refractivity contribution in [2.75, 3.05) is 10.6 Å². The van der Waals surface area contributed by atoms with E-state index >= 15 is 0 Å². The summed E-state index contributed by atoms with van der Waals surface area (Å²) in [6.45, 7) is 6.27. The van der Waals surface area contributed by atoms with E-state index in [0.29, 0.717) is 11.6 Å². The maximum Gasteiger partial charge on any atom is 0.323 e. The summed E-state index contributed by atoms with van der Waals surface area (Å²) >= 11 is 7.03. The smallest absolute Gasteiger partial charge is 0.308 e. The van der Waals surface area contributed by atoms with E-state index in [1.807, 2.05) is 43.3 Å². The first-order valence-corrected chi connectivity index (χ1v) is 8.59. The van der Waals surface area contributed by atoms with Gasteiger partial charge in [0.15, 0.2) is 0 Å². The highest BCUT2D eigenvalue weighted by molar-refractivity contribution is 9.11. The maximum atomic E-state index is 12.1. The molecule has 2 aromatic carbocycles. The standard InChI is InChI=1S/C17H18Br2N2O/c1-10(2)12-8-14(18)16(15(19)9-12)21-17(22)20-13-6-4-11(3)5-7-13/h4-10H,1-3H3,(H2,20,21,22). The second-order valence-corrected chi connectivity index (χ2v) is 7.17. The molecular weight excluding hydrogens is 408 g/mol. The minimum absolute atomic E-state index is 0.275. The van der Waals surface area contributed by atoms with E-state index in [2.05, 4.69) is 56.3 Å². The Morgan fingerprint density at radius 2 is 1.55 bits per heavy atom. The Morgan fingerprint density at radius 1 is 1.00 bits per heavy atom. The lowest BCUT2D eigenvalue weighted by Gasteiger charge is -2.14. The van der Waals surface area contributed by atoms with Gasteiger partial charge in [-0.2, -0.15) is 0 Å². The van der Waals surface area contributed by atoms with Gasteiger partial charge in [0, 0.05) is 14.6 Å². The number of hydrogen-bond donors (Lipinski definition) is 2. The number of halogens is 2. The van der Waals surface area contributed by atoms with Gasteiger partial charge in [-0.05, 0) is 74.5 Å². The molecule has 0 radical (unpaired) electrons. The van der Waals surface area contributed by atoms with Crippen molar-refractivity contribution in [1.29, 1.82) is 0 Å². The van der Waals surface area contributed by atoms with Crippen molar-refractivity contribution < 1.29 is 4.79 Å². The Balaban J connectivity index is 2.13. The summed E-state index contributed by atoms with van der Waals surface area (Å²) in [6.07, 6.45) is 0. The van der Waals surface area contributed by atoms with Crippen molar-refractivity contribution in [3.05, 3.63) is 56.5 Å². The third kappa shape index (κ3) is 4.34. The number of rotatable bonds is 3. The number of aryl methyl sites for hydroxylation is 1. The molecule has 0 heterocycles. The highest BCUT2D eigenvalue weighted by atomic mass is 79.9. The SMILES string of the molecule is Cc1ccc(NC(=O)Nc2c(Br)cc(C(C)C)cc2Br)cc1. The molecule has 0 saturated carbocycles. The van der Waals surface area contributed by atoms with Gasteiger partial charge in [-0.25, -0.2) is 4.79 Å². The maximum absolute atomic E-state index is 12.1. The van der Waals surface area contributed by atoms with Crippen molar-refractivity contribution in [2.45, 2.75) is 26.7 Å². The molecule has 0 aliphatic rings. The summed E-state index contributed by atoms with van der Waals surface area (Å²) in [5.41, 5.74) is 3.83. The zero-order valence-electron chi connectivity index (χ0n) is 12.7. The third-order valence-electron chi connectivity index (χ3n) is 3.28. The quantitative estimate of drug-likeness (QED) is 0.596. The second-order valence-electron chi connectivity index (χ2n) is 5.46. The van der Waals surface area contributed by atoms with Gasteiger partial charge in [0.25, 0.3) is 0 Å². The molecule has 2 aromatic rings. The number of hydrogen-bond acceptors (Lipinski definition) is 1. The van der Waals surface area contributed by atoms with Crippen LogP contribution in [-0.4, -0.2) is 6.03 Å². The van der Waals surface area contributed by atoms with Gasteiger partial charge in [0.2, 0.25) is 0 Å². The minimum atomic E-state index is -0.275. The molecule has 5 heteroatoms. The molecule has 0 aliphatic carbocycles. The van der Waals surface area contributed by atoms with E-state index in [4.69, 9.17) is 0 Å². The lowest BCUT2D eigenvalue weighted by molar-refractivity contribution is 0.262. The van der Waals surface area contributed by atoms with Crippen molar-refractivity contribution >= 4 is 49.3 Å². The molecule has 0 spiro atoms. The molecule has 116 valence electrons. The van der Waals surface area contributed by atoms with Crippen LogP contribution in [0.25, 0.3) is 0 Å². The van der Waals surface area contributed by atoms with E-state index in [9.17, 15) is 4.79 Å². The molecule has 0 unspecified atom stereocenters. The summed E-state index contributed by atoms with van der Waals surface area (Å²) in [4.78, 5) is 12.1. The Hall–Kier alpha value is -1.33. The topological polar surface area (TPSA) is 41.1 Å². The lowest BCUT2D eigenvalue weighted by atomic mass is 10.0. The Kier molecular flexibility index (Phi) is 5.64. The zero-order valence-corrected chi connectivity index (χ0v) is 15.9. The van der Waals surface area contributed by atoms with Crippen molar-refractivity contribution in [3.8, 4) is 0 Å². The van der Waals surface area contributed by atoms with Gasteiger partial charge in [-0.3, -0.25) is 0 Å². The fraction of sp³-hybridized carbons (Fsp3) is 0.235. The largest absolute Gasteiger partial charge is 0.323 e. The molecule has 2 amide bonds. The van der Waals surface area contributed by atoms with Crippen LogP contribution in [0.15, 0.2) is 45.3 Å². The normalized spacial score (nSPS) is 10.6. The van der Waals surface area contributed by atoms with Gasteiger partial charge >= 0.3 is 6.03 Å². The Labute approximate surface area is 147 Å². The fourth-order valence-corrected chi connectivity index (χ4v) is 3.38. The molecular formula is C17H18Br2N2O. The first-order valence-electron chi connectivity index (χ1n) is 7.00. The Morgan fingerprint density at radius 3 is 2.05 bits per heavy atom. The number of nitrogens with one attached hydrogen (secondary N) is 2. The number of carbonyl (C=O) groups excluding carboxylic acids is 1. The number of benzene rings is 2. The summed E-state index contributed by atoms with van der Waals surface area (Å²) < 4.78 is 1.70. The van der Waals surface area contributed by atoms with E-state index < -0.39 is 0 Å². The highest BCUT2D eigenvalue weighted by Gasteiger charge is 2.12. The molecule has 0 bridgehead atoms. The third-order valence-corrected chi connectivity index (χ3v) is 4.53. The van der Waals surface area contributed by atoms with E-state index in [-0.39, 0.29) is 6.03 Å². The average molecular weight is 426 g/mol. The number of urea groups is 1. The molecule has 0 fully saturated rings. The number of amides is 2. The average Bonchev–Trinajstić information content (AvgIpc) is 2.45. The van der Waals surface area contributed by atoms with Crippen LogP contribution in [0.2, 0.25) is 0 Å². The number of carbonyl (C=O) groups is 1. The molecule has 0 atom stereocenters. The van der Waals surface area contributed by atoms with Crippen molar-refractivity contribution in [2.24, 2.45) is 0 Å². The first kappa shape index (κ1) is 17.0. The fourth-order valence-electron chi connectivity index (χ4n) is 1.96. The van der Waals surface area contributed by atoms with Crippen molar-refractivity contribution in [1.82, 2.24) is 0 Å². The van der Waals surface area contributed by atoms with E-state index in [0.717, 1.165) is 20.2 Å². The van der Waals surface area contributed by atoms with E-state index in [1.54, 1.807) is 0 Å². The molecule has 2 rings (SSSR count). The first-order chi connectivity index (χ1) is 10.4. The zero-order chi connectivity index (χ0) is 16.3. The van der Waals surface area contributed by atoms with Crippen LogP contribution in [0.3, 0.4) is 0 Å². The van der Waals surface area contributed by atoms with Gasteiger partial charge in [-0.15, -0.1) is 0 Å². The van der Waals surface area contributed by atoms with Crippen LogP contribution < -0.4 is 10.6 Å². The van der Waals surface area contributed by atoms with Gasteiger partial charge in [0.05, 0.1) is 5.69 Å². The van der Waals surface area contributed by atoms with Crippen LogP contribution in [-0.2, 0) is 0 Å². The van der Waals surface area contributed by atoms with Crippen LogP contribution in [0.5, 0.6) is 0 Å². The predicted molar refractivity (Wildman–Crippen MR) is 99.8 cm³/mol. The lowest BCUT2D eigenvalue weighted by Crippen LogP contribution is -2.20. The van der Waals surface area contributed by atoms with E-state index in [1.165, 1.54) is 5.56 Å². The molecule has 0 aliphatic heterocycles. The van der Waals surface area contributed by atoms with Crippen LogP contribution in [0.1, 0.15) is 30.9 Å². The summed E-state index contributed by atoms with van der Waals surface area (Å²) in [5, 5.41) is 5.68.